The van der Waals surface area contributed by atoms with Gasteiger partial charge in [-0.2, -0.15) is 0 Å². The SMILES string of the molecule is CC(CNS(=O)(=O)c1cccc(Cl)c1)N1CCN(C)CC1. The molecular formula is C14H22ClN3O2S. The van der Waals surface area contributed by atoms with Crippen LogP contribution in [0.15, 0.2) is 29.2 Å². The number of sulfonamides is 1. The maximum atomic E-state index is 12.2. The van der Waals surface area contributed by atoms with Crippen LogP contribution in [0, 0.1) is 0 Å². The number of rotatable bonds is 5. The Morgan fingerprint density at radius 3 is 2.57 bits per heavy atom. The maximum absolute atomic E-state index is 12.2. The molecule has 0 amide bonds. The highest BCUT2D eigenvalue weighted by Gasteiger charge is 2.21. The molecule has 1 aliphatic rings. The molecule has 1 aromatic rings. The highest BCUT2D eigenvalue weighted by molar-refractivity contribution is 7.89. The van der Waals surface area contributed by atoms with Crippen LogP contribution in [0.25, 0.3) is 0 Å². The number of benzene rings is 1. The van der Waals surface area contributed by atoms with Gasteiger partial charge in [0.15, 0.2) is 0 Å². The number of hydrogen-bond acceptors (Lipinski definition) is 4. The number of likely N-dealkylation sites (N-methyl/N-ethyl adjacent to an activating group) is 1. The summed E-state index contributed by atoms with van der Waals surface area (Å²) in [5.74, 6) is 0. The van der Waals surface area contributed by atoms with E-state index in [1.807, 2.05) is 6.92 Å². The summed E-state index contributed by atoms with van der Waals surface area (Å²) in [6.45, 7) is 6.42. The van der Waals surface area contributed by atoms with Gasteiger partial charge in [0, 0.05) is 43.8 Å². The Hall–Kier alpha value is -0.660. The van der Waals surface area contributed by atoms with E-state index in [1.165, 1.54) is 6.07 Å². The summed E-state index contributed by atoms with van der Waals surface area (Å²) in [5, 5.41) is 0.421. The highest BCUT2D eigenvalue weighted by atomic mass is 35.5. The molecule has 0 spiro atoms. The smallest absolute Gasteiger partial charge is 0.240 e. The van der Waals surface area contributed by atoms with Crippen molar-refractivity contribution in [1.29, 1.82) is 0 Å². The number of nitrogens with zero attached hydrogens (tertiary/aromatic N) is 2. The zero-order chi connectivity index (χ0) is 15.5. The van der Waals surface area contributed by atoms with Gasteiger partial charge in [0.2, 0.25) is 10.0 Å². The van der Waals surface area contributed by atoms with Crippen molar-refractivity contribution in [3.05, 3.63) is 29.3 Å². The molecule has 21 heavy (non-hydrogen) atoms. The van der Waals surface area contributed by atoms with Crippen molar-refractivity contribution in [1.82, 2.24) is 14.5 Å². The molecule has 1 heterocycles. The first-order valence-electron chi connectivity index (χ1n) is 7.06. The van der Waals surface area contributed by atoms with Gasteiger partial charge in [-0.3, -0.25) is 4.90 Å². The molecule has 7 heteroatoms. The molecule has 0 bridgehead atoms. The van der Waals surface area contributed by atoms with Crippen LogP contribution in [0.5, 0.6) is 0 Å². The van der Waals surface area contributed by atoms with Crippen LogP contribution in [0.1, 0.15) is 6.92 Å². The molecule has 118 valence electrons. The molecule has 1 aliphatic heterocycles. The van der Waals surface area contributed by atoms with Crippen molar-refractivity contribution in [3.8, 4) is 0 Å². The number of nitrogens with one attached hydrogen (secondary N) is 1. The molecule has 5 nitrogen and oxygen atoms in total. The zero-order valence-electron chi connectivity index (χ0n) is 12.4. The summed E-state index contributed by atoms with van der Waals surface area (Å²) >= 11 is 5.84. The second-order valence-electron chi connectivity index (χ2n) is 5.50. The summed E-state index contributed by atoms with van der Waals surface area (Å²) < 4.78 is 27.1. The fourth-order valence-electron chi connectivity index (χ4n) is 2.34. The summed E-state index contributed by atoms with van der Waals surface area (Å²) in [4.78, 5) is 4.79. The molecule has 0 aliphatic carbocycles. The van der Waals surface area contributed by atoms with E-state index in [0.29, 0.717) is 11.6 Å². The van der Waals surface area contributed by atoms with Gasteiger partial charge in [0.25, 0.3) is 0 Å². The van der Waals surface area contributed by atoms with Gasteiger partial charge in [-0.15, -0.1) is 0 Å². The van der Waals surface area contributed by atoms with Crippen LogP contribution in [0.2, 0.25) is 5.02 Å². The molecule has 1 N–H and O–H groups in total. The van der Waals surface area contributed by atoms with E-state index < -0.39 is 10.0 Å². The van der Waals surface area contributed by atoms with E-state index in [0.717, 1.165) is 26.2 Å². The van der Waals surface area contributed by atoms with E-state index in [4.69, 9.17) is 11.6 Å². The van der Waals surface area contributed by atoms with Crippen molar-refractivity contribution < 1.29 is 8.42 Å². The number of hydrogen-bond donors (Lipinski definition) is 1. The van der Waals surface area contributed by atoms with Crippen LogP contribution >= 0.6 is 11.6 Å². The lowest BCUT2D eigenvalue weighted by Crippen LogP contribution is -2.51. The summed E-state index contributed by atoms with van der Waals surface area (Å²) in [6, 6.07) is 6.49. The molecule has 0 aromatic heterocycles. The van der Waals surface area contributed by atoms with E-state index in [9.17, 15) is 8.42 Å². The minimum absolute atomic E-state index is 0.174. The van der Waals surface area contributed by atoms with Gasteiger partial charge in [-0.25, -0.2) is 13.1 Å². The lowest BCUT2D eigenvalue weighted by molar-refractivity contribution is 0.120. The Bertz CT molecular complexity index is 571. The predicted molar refractivity (Wildman–Crippen MR) is 85.2 cm³/mol. The van der Waals surface area contributed by atoms with Gasteiger partial charge in [-0.1, -0.05) is 17.7 Å². The standard InChI is InChI=1S/C14H22ClN3O2S/c1-12(18-8-6-17(2)7-9-18)11-16-21(19,20)14-5-3-4-13(15)10-14/h3-5,10,12,16H,6-9,11H2,1-2H3. The van der Waals surface area contributed by atoms with Crippen molar-refractivity contribution in [2.75, 3.05) is 39.8 Å². The third-order valence-corrected chi connectivity index (χ3v) is 5.49. The average Bonchev–Trinajstić information content (AvgIpc) is 2.45. The monoisotopic (exact) mass is 331 g/mol. The number of piperazine rings is 1. The molecule has 1 atom stereocenters. The molecule has 1 unspecified atom stereocenters. The molecular weight excluding hydrogens is 310 g/mol. The van der Waals surface area contributed by atoms with E-state index in [2.05, 4.69) is 21.6 Å². The first kappa shape index (κ1) is 16.7. The Kier molecular flexibility index (Phi) is 5.62. The van der Waals surface area contributed by atoms with Gasteiger partial charge < -0.3 is 4.90 Å². The molecule has 1 saturated heterocycles. The normalized spacial score (nSPS) is 19.6. The Morgan fingerprint density at radius 2 is 1.95 bits per heavy atom. The molecule has 0 saturated carbocycles. The van der Waals surface area contributed by atoms with E-state index in [-0.39, 0.29) is 10.9 Å². The van der Waals surface area contributed by atoms with Gasteiger partial charge in [0.05, 0.1) is 4.90 Å². The van der Waals surface area contributed by atoms with Crippen molar-refractivity contribution >= 4 is 21.6 Å². The Labute approximate surface area is 131 Å². The number of halogens is 1. The minimum atomic E-state index is -3.50. The van der Waals surface area contributed by atoms with Crippen molar-refractivity contribution in [2.24, 2.45) is 0 Å². The highest BCUT2D eigenvalue weighted by Crippen LogP contribution is 2.15. The molecule has 0 radical (unpaired) electrons. The third kappa shape index (κ3) is 4.66. The van der Waals surface area contributed by atoms with Crippen LogP contribution in [-0.4, -0.2) is 64.0 Å². The topological polar surface area (TPSA) is 52.7 Å². The van der Waals surface area contributed by atoms with E-state index >= 15 is 0 Å². The quantitative estimate of drug-likeness (QED) is 0.882. The Morgan fingerprint density at radius 1 is 1.29 bits per heavy atom. The minimum Gasteiger partial charge on any atom is -0.304 e. The summed E-state index contributed by atoms with van der Waals surface area (Å²) in [6.07, 6.45) is 0. The molecule has 2 rings (SSSR count). The van der Waals surface area contributed by atoms with Crippen LogP contribution < -0.4 is 4.72 Å². The first-order chi connectivity index (χ1) is 9.88. The first-order valence-corrected chi connectivity index (χ1v) is 8.92. The molecule has 1 aromatic carbocycles. The second-order valence-corrected chi connectivity index (χ2v) is 7.70. The lowest BCUT2D eigenvalue weighted by atomic mass is 10.2. The predicted octanol–water partition coefficient (Wildman–Crippen LogP) is 1.25. The fourth-order valence-corrected chi connectivity index (χ4v) is 3.76. The zero-order valence-corrected chi connectivity index (χ0v) is 14.0. The lowest BCUT2D eigenvalue weighted by Gasteiger charge is -2.36. The van der Waals surface area contributed by atoms with Gasteiger partial charge >= 0.3 is 0 Å². The van der Waals surface area contributed by atoms with Gasteiger partial charge in [-0.05, 0) is 32.2 Å². The van der Waals surface area contributed by atoms with E-state index in [1.54, 1.807) is 18.2 Å². The summed E-state index contributed by atoms with van der Waals surface area (Å²) in [7, 11) is -1.40. The molecule has 1 fully saturated rings. The maximum Gasteiger partial charge on any atom is 0.240 e. The van der Waals surface area contributed by atoms with Crippen molar-refractivity contribution in [3.63, 3.8) is 0 Å². The third-order valence-electron chi connectivity index (χ3n) is 3.84. The van der Waals surface area contributed by atoms with Crippen LogP contribution in [0.4, 0.5) is 0 Å². The largest absolute Gasteiger partial charge is 0.304 e. The van der Waals surface area contributed by atoms with Crippen molar-refractivity contribution in [2.45, 2.75) is 17.9 Å². The summed E-state index contributed by atoms with van der Waals surface area (Å²) in [5.41, 5.74) is 0. The van der Waals surface area contributed by atoms with Crippen LogP contribution in [0.3, 0.4) is 0 Å². The van der Waals surface area contributed by atoms with Gasteiger partial charge in [0.1, 0.15) is 0 Å². The second kappa shape index (κ2) is 7.07. The Balaban J connectivity index is 1.92. The van der Waals surface area contributed by atoms with Crippen LogP contribution in [-0.2, 0) is 10.0 Å². The fraction of sp³-hybridized carbons (Fsp3) is 0.571. The average molecular weight is 332 g/mol.